The molecule has 2 aliphatic carbocycles. The zero-order chi connectivity index (χ0) is 10.0. The van der Waals surface area contributed by atoms with E-state index >= 15 is 0 Å². The van der Waals surface area contributed by atoms with Gasteiger partial charge in [0.05, 0.1) is 0 Å². The summed E-state index contributed by atoms with van der Waals surface area (Å²) in [6.45, 7) is 0.899. The highest BCUT2D eigenvalue weighted by Crippen LogP contribution is 2.58. The predicted octanol–water partition coefficient (Wildman–Crippen LogP) is 3.46. The summed E-state index contributed by atoms with van der Waals surface area (Å²) in [6, 6.07) is 0. The standard InChI is InChI=1S/C12H21ClO/c1-14-6-2-5-12(9-13)8-10-3-4-11(12)7-10/h10-11H,2-9H2,1H3. The van der Waals surface area contributed by atoms with E-state index in [1.807, 2.05) is 0 Å². The minimum Gasteiger partial charge on any atom is -0.385 e. The van der Waals surface area contributed by atoms with E-state index in [9.17, 15) is 0 Å². The molecular formula is C12H21ClO. The normalized spacial score (nSPS) is 40.7. The lowest BCUT2D eigenvalue weighted by molar-refractivity contribution is 0.136. The smallest absolute Gasteiger partial charge is 0.0462 e. The van der Waals surface area contributed by atoms with Gasteiger partial charge >= 0.3 is 0 Å². The van der Waals surface area contributed by atoms with Crippen LogP contribution in [-0.4, -0.2) is 19.6 Å². The second-order valence-electron chi connectivity index (χ2n) is 5.17. The van der Waals surface area contributed by atoms with Crippen molar-refractivity contribution in [3.63, 3.8) is 0 Å². The maximum Gasteiger partial charge on any atom is 0.0462 e. The number of rotatable bonds is 5. The molecule has 0 aromatic rings. The van der Waals surface area contributed by atoms with Crippen molar-refractivity contribution in [3.8, 4) is 0 Å². The molecular weight excluding hydrogens is 196 g/mol. The third-order valence-electron chi connectivity index (χ3n) is 4.39. The summed E-state index contributed by atoms with van der Waals surface area (Å²) in [4.78, 5) is 0. The molecule has 0 amide bonds. The Bertz CT molecular complexity index is 195. The van der Waals surface area contributed by atoms with Crippen molar-refractivity contribution in [1.82, 2.24) is 0 Å². The third kappa shape index (κ3) is 1.81. The molecule has 0 heterocycles. The van der Waals surface area contributed by atoms with Gasteiger partial charge in [-0.05, 0) is 49.4 Å². The van der Waals surface area contributed by atoms with Crippen molar-refractivity contribution in [2.45, 2.75) is 38.5 Å². The van der Waals surface area contributed by atoms with Gasteiger partial charge in [0.1, 0.15) is 0 Å². The number of methoxy groups -OCH3 is 1. The topological polar surface area (TPSA) is 9.23 Å². The Balaban J connectivity index is 1.90. The molecule has 2 heteroatoms. The molecule has 14 heavy (non-hydrogen) atoms. The molecule has 0 spiro atoms. The maximum atomic E-state index is 6.20. The predicted molar refractivity (Wildman–Crippen MR) is 59.7 cm³/mol. The van der Waals surface area contributed by atoms with Crippen LogP contribution in [0.3, 0.4) is 0 Å². The molecule has 0 N–H and O–H groups in total. The summed E-state index contributed by atoms with van der Waals surface area (Å²) in [5.74, 6) is 2.81. The van der Waals surface area contributed by atoms with Crippen LogP contribution in [0.4, 0.5) is 0 Å². The highest BCUT2D eigenvalue weighted by atomic mass is 35.5. The van der Waals surface area contributed by atoms with Crippen LogP contribution in [0.25, 0.3) is 0 Å². The van der Waals surface area contributed by atoms with Crippen LogP contribution < -0.4 is 0 Å². The fraction of sp³-hybridized carbons (Fsp3) is 1.00. The summed E-state index contributed by atoms with van der Waals surface area (Å²) in [7, 11) is 1.79. The average molecular weight is 217 g/mol. The first-order valence-corrected chi connectivity index (χ1v) is 6.39. The number of hydrogen-bond donors (Lipinski definition) is 0. The van der Waals surface area contributed by atoms with Crippen LogP contribution in [0.15, 0.2) is 0 Å². The first kappa shape index (κ1) is 10.8. The number of hydrogen-bond acceptors (Lipinski definition) is 1. The molecule has 0 aromatic heterocycles. The summed E-state index contributed by atoms with van der Waals surface area (Å²) in [5, 5.41) is 0. The van der Waals surface area contributed by atoms with Gasteiger partial charge in [-0.15, -0.1) is 11.6 Å². The Morgan fingerprint density at radius 2 is 2.29 bits per heavy atom. The molecule has 2 saturated carbocycles. The summed E-state index contributed by atoms with van der Waals surface area (Å²) in [6.07, 6.45) is 8.22. The lowest BCUT2D eigenvalue weighted by atomic mass is 9.71. The second-order valence-corrected chi connectivity index (χ2v) is 5.44. The molecule has 3 unspecified atom stereocenters. The summed E-state index contributed by atoms with van der Waals surface area (Å²) >= 11 is 6.20. The van der Waals surface area contributed by atoms with Crippen LogP contribution >= 0.6 is 11.6 Å². The van der Waals surface area contributed by atoms with Gasteiger partial charge < -0.3 is 4.74 Å². The first-order valence-electron chi connectivity index (χ1n) is 5.85. The van der Waals surface area contributed by atoms with E-state index in [2.05, 4.69) is 0 Å². The molecule has 0 saturated heterocycles. The molecule has 2 bridgehead atoms. The van der Waals surface area contributed by atoms with E-state index in [4.69, 9.17) is 16.3 Å². The van der Waals surface area contributed by atoms with Gasteiger partial charge in [0, 0.05) is 19.6 Å². The highest BCUT2D eigenvalue weighted by Gasteiger charge is 2.49. The minimum atomic E-state index is 0.489. The molecule has 1 nitrogen and oxygen atoms in total. The second kappa shape index (κ2) is 4.40. The molecule has 0 aromatic carbocycles. The van der Waals surface area contributed by atoms with Gasteiger partial charge in [0.2, 0.25) is 0 Å². The molecule has 0 aliphatic heterocycles. The van der Waals surface area contributed by atoms with Gasteiger partial charge in [-0.2, -0.15) is 0 Å². The van der Waals surface area contributed by atoms with Crippen LogP contribution in [0.2, 0.25) is 0 Å². The SMILES string of the molecule is COCCCC1(CCl)CC2CCC1C2. The van der Waals surface area contributed by atoms with Gasteiger partial charge in [-0.3, -0.25) is 0 Å². The molecule has 2 aliphatic rings. The number of alkyl halides is 1. The van der Waals surface area contributed by atoms with Gasteiger partial charge in [-0.25, -0.2) is 0 Å². The van der Waals surface area contributed by atoms with E-state index in [0.29, 0.717) is 5.41 Å². The molecule has 2 fully saturated rings. The molecule has 2 rings (SSSR count). The fourth-order valence-corrected chi connectivity index (χ4v) is 4.12. The van der Waals surface area contributed by atoms with Crippen LogP contribution in [-0.2, 0) is 4.74 Å². The van der Waals surface area contributed by atoms with Crippen molar-refractivity contribution in [2.24, 2.45) is 17.3 Å². The minimum absolute atomic E-state index is 0.489. The van der Waals surface area contributed by atoms with Crippen LogP contribution in [0, 0.1) is 17.3 Å². The third-order valence-corrected chi connectivity index (χ3v) is 4.92. The Labute approximate surface area is 92.2 Å². The zero-order valence-electron chi connectivity index (χ0n) is 9.10. The van der Waals surface area contributed by atoms with Crippen molar-refractivity contribution in [3.05, 3.63) is 0 Å². The molecule has 82 valence electrons. The summed E-state index contributed by atoms with van der Waals surface area (Å²) < 4.78 is 5.13. The van der Waals surface area contributed by atoms with E-state index < -0.39 is 0 Å². The zero-order valence-corrected chi connectivity index (χ0v) is 9.85. The van der Waals surface area contributed by atoms with E-state index in [0.717, 1.165) is 24.3 Å². The average Bonchev–Trinajstić information content (AvgIpc) is 2.78. The quantitative estimate of drug-likeness (QED) is 0.505. The Morgan fingerprint density at radius 3 is 2.79 bits per heavy atom. The lowest BCUT2D eigenvalue weighted by Gasteiger charge is -2.36. The van der Waals surface area contributed by atoms with Crippen molar-refractivity contribution in [1.29, 1.82) is 0 Å². The van der Waals surface area contributed by atoms with Crippen molar-refractivity contribution in [2.75, 3.05) is 19.6 Å². The lowest BCUT2D eigenvalue weighted by Crippen LogP contribution is -2.30. The van der Waals surface area contributed by atoms with E-state index in [1.165, 1.54) is 38.5 Å². The van der Waals surface area contributed by atoms with Gasteiger partial charge in [0.25, 0.3) is 0 Å². The first-order chi connectivity index (χ1) is 6.80. The maximum absolute atomic E-state index is 6.20. The Hall–Kier alpha value is 0.250. The van der Waals surface area contributed by atoms with Gasteiger partial charge in [0.15, 0.2) is 0 Å². The van der Waals surface area contributed by atoms with E-state index in [-0.39, 0.29) is 0 Å². The van der Waals surface area contributed by atoms with Gasteiger partial charge in [-0.1, -0.05) is 6.42 Å². The Kier molecular flexibility index (Phi) is 3.38. The fourth-order valence-electron chi connectivity index (χ4n) is 3.66. The molecule has 0 radical (unpaired) electrons. The number of halogens is 1. The number of fused-ring (bicyclic) bond motifs is 2. The van der Waals surface area contributed by atoms with Crippen molar-refractivity contribution < 1.29 is 4.74 Å². The van der Waals surface area contributed by atoms with Crippen molar-refractivity contribution >= 4 is 11.6 Å². The summed E-state index contributed by atoms with van der Waals surface area (Å²) in [5.41, 5.74) is 0.489. The Morgan fingerprint density at radius 1 is 1.43 bits per heavy atom. The number of ether oxygens (including phenoxy) is 1. The largest absolute Gasteiger partial charge is 0.385 e. The van der Waals surface area contributed by atoms with Crippen LogP contribution in [0.1, 0.15) is 38.5 Å². The molecule has 3 atom stereocenters. The monoisotopic (exact) mass is 216 g/mol. The van der Waals surface area contributed by atoms with Crippen LogP contribution in [0.5, 0.6) is 0 Å². The highest BCUT2D eigenvalue weighted by molar-refractivity contribution is 6.18. The van der Waals surface area contributed by atoms with E-state index in [1.54, 1.807) is 7.11 Å².